The van der Waals surface area contributed by atoms with Gasteiger partial charge in [-0.15, -0.1) is 0 Å². The highest BCUT2D eigenvalue weighted by atomic mass is 35.5. The van der Waals surface area contributed by atoms with Gasteiger partial charge in [0.1, 0.15) is 0 Å². The Labute approximate surface area is 123 Å². The van der Waals surface area contributed by atoms with Crippen LogP contribution in [0.4, 0.5) is 5.69 Å². The Hall–Kier alpha value is -1.84. The van der Waals surface area contributed by atoms with Gasteiger partial charge in [0.25, 0.3) is 0 Å². The minimum Gasteiger partial charge on any atom is -0.325 e. The summed E-state index contributed by atoms with van der Waals surface area (Å²) < 4.78 is 0. The van der Waals surface area contributed by atoms with Gasteiger partial charge in [0.2, 0.25) is 5.91 Å². The van der Waals surface area contributed by atoms with Crippen molar-refractivity contribution in [1.29, 1.82) is 0 Å². The number of carbonyl (C=O) groups is 1. The second-order valence-corrected chi connectivity index (χ2v) is 5.41. The van der Waals surface area contributed by atoms with Crippen LogP contribution in [0.25, 0.3) is 0 Å². The van der Waals surface area contributed by atoms with E-state index in [9.17, 15) is 4.79 Å². The summed E-state index contributed by atoms with van der Waals surface area (Å²) in [6, 6.07) is 15.5. The summed E-state index contributed by atoms with van der Waals surface area (Å²) in [5.74, 6) is 0.000119. The first-order chi connectivity index (χ1) is 9.70. The molecule has 0 aromatic heterocycles. The molecule has 0 aliphatic carbocycles. The molecule has 0 bridgehead atoms. The standard InChI is InChI=1S/C16H15ClN2O/c17-14-5-7-15(8-6-14)18-16(20)11-19-9-12-3-1-2-4-13(12)10-19/h1-8H,9-11H2,(H,18,20). The van der Waals surface area contributed by atoms with Crippen LogP contribution in [0, 0.1) is 0 Å². The van der Waals surface area contributed by atoms with E-state index in [1.165, 1.54) is 11.1 Å². The van der Waals surface area contributed by atoms with Crippen LogP contribution in [0.5, 0.6) is 0 Å². The fraction of sp³-hybridized carbons (Fsp3) is 0.188. The van der Waals surface area contributed by atoms with Crippen molar-refractivity contribution in [1.82, 2.24) is 4.90 Å². The maximum atomic E-state index is 12.0. The first-order valence-corrected chi connectivity index (χ1v) is 6.93. The molecule has 2 aromatic rings. The third kappa shape index (κ3) is 3.00. The summed E-state index contributed by atoms with van der Waals surface area (Å²) in [5.41, 5.74) is 3.40. The van der Waals surface area contributed by atoms with Gasteiger partial charge in [-0.3, -0.25) is 9.69 Å². The molecule has 1 aliphatic rings. The van der Waals surface area contributed by atoms with E-state index < -0.39 is 0 Å². The van der Waals surface area contributed by atoms with Crippen molar-refractivity contribution in [2.75, 3.05) is 11.9 Å². The second-order valence-electron chi connectivity index (χ2n) is 4.97. The molecule has 0 atom stereocenters. The lowest BCUT2D eigenvalue weighted by atomic mass is 10.1. The lowest BCUT2D eigenvalue weighted by molar-refractivity contribution is -0.117. The molecular weight excluding hydrogens is 272 g/mol. The molecule has 1 heterocycles. The van der Waals surface area contributed by atoms with Crippen LogP contribution in [0.2, 0.25) is 5.02 Å². The minimum absolute atomic E-state index is 0.000119. The zero-order valence-electron chi connectivity index (χ0n) is 11.0. The van der Waals surface area contributed by atoms with E-state index in [2.05, 4.69) is 22.3 Å². The van der Waals surface area contributed by atoms with Crippen molar-refractivity contribution in [3.05, 3.63) is 64.7 Å². The number of nitrogens with zero attached hydrogens (tertiary/aromatic N) is 1. The molecule has 4 heteroatoms. The van der Waals surface area contributed by atoms with Gasteiger partial charge in [-0.1, -0.05) is 35.9 Å². The van der Waals surface area contributed by atoms with Crippen LogP contribution < -0.4 is 5.32 Å². The number of nitrogens with one attached hydrogen (secondary N) is 1. The van der Waals surface area contributed by atoms with E-state index in [1.54, 1.807) is 24.3 Å². The molecule has 2 aromatic carbocycles. The molecule has 0 fully saturated rings. The zero-order chi connectivity index (χ0) is 13.9. The van der Waals surface area contributed by atoms with Gasteiger partial charge in [-0.25, -0.2) is 0 Å². The van der Waals surface area contributed by atoms with Crippen LogP contribution >= 0.6 is 11.6 Å². The largest absolute Gasteiger partial charge is 0.325 e. The molecule has 0 radical (unpaired) electrons. The Balaban J connectivity index is 1.57. The van der Waals surface area contributed by atoms with Crippen LogP contribution in [-0.2, 0) is 17.9 Å². The summed E-state index contributed by atoms with van der Waals surface area (Å²) in [5, 5.41) is 3.55. The predicted molar refractivity (Wildman–Crippen MR) is 80.6 cm³/mol. The molecule has 3 nitrogen and oxygen atoms in total. The molecule has 3 rings (SSSR count). The Kier molecular flexibility index (Phi) is 3.72. The summed E-state index contributed by atoms with van der Waals surface area (Å²) in [4.78, 5) is 14.2. The molecule has 0 unspecified atom stereocenters. The van der Waals surface area contributed by atoms with E-state index in [1.807, 2.05) is 12.1 Å². The van der Waals surface area contributed by atoms with Crippen molar-refractivity contribution in [3.63, 3.8) is 0 Å². The topological polar surface area (TPSA) is 32.3 Å². The highest BCUT2D eigenvalue weighted by molar-refractivity contribution is 6.30. The number of hydrogen-bond acceptors (Lipinski definition) is 2. The average molecular weight is 287 g/mol. The van der Waals surface area contributed by atoms with Gasteiger partial charge >= 0.3 is 0 Å². The van der Waals surface area contributed by atoms with Crippen LogP contribution in [-0.4, -0.2) is 17.4 Å². The van der Waals surface area contributed by atoms with Crippen molar-refractivity contribution in [3.8, 4) is 0 Å². The first-order valence-electron chi connectivity index (χ1n) is 6.55. The normalized spacial score (nSPS) is 14.1. The summed E-state index contributed by atoms with van der Waals surface area (Å²) in [7, 11) is 0. The monoisotopic (exact) mass is 286 g/mol. The third-order valence-corrected chi connectivity index (χ3v) is 3.65. The third-order valence-electron chi connectivity index (χ3n) is 3.40. The number of amides is 1. The maximum Gasteiger partial charge on any atom is 0.238 e. The van der Waals surface area contributed by atoms with E-state index >= 15 is 0 Å². The van der Waals surface area contributed by atoms with E-state index in [-0.39, 0.29) is 5.91 Å². The average Bonchev–Trinajstić information content (AvgIpc) is 2.83. The molecule has 0 saturated carbocycles. The molecule has 0 saturated heterocycles. The Morgan fingerprint density at radius 2 is 1.65 bits per heavy atom. The molecule has 1 amide bonds. The molecule has 20 heavy (non-hydrogen) atoms. The predicted octanol–water partition coefficient (Wildman–Crippen LogP) is 3.29. The number of halogens is 1. The number of fused-ring (bicyclic) bond motifs is 1. The fourth-order valence-corrected chi connectivity index (χ4v) is 2.58. The molecular formula is C16H15ClN2O. The van der Waals surface area contributed by atoms with Gasteiger partial charge < -0.3 is 5.32 Å². The molecule has 1 N–H and O–H groups in total. The number of anilines is 1. The van der Waals surface area contributed by atoms with Gasteiger partial charge in [0.15, 0.2) is 0 Å². The second kappa shape index (κ2) is 5.65. The van der Waals surface area contributed by atoms with E-state index in [0.717, 1.165) is 18.8 Å². The van der Waals surface area contributed by atoms with Crippen LogP contribution in [0.15, 0.2) is 48.5 Å². The van der Waals surface area contributed by atoms with E-state index in [0.29, 0.717) is 11.6 Å². The van der Waals surface area contributed by atoms with Crippen molar-refractivity contribution < 1.29 is 4.79 Å². The first kappa shape index (κ1) is 13.2. The Bertz CT molecular complexity index is 600. The van der Waals surface area contributed by atoms with Crippen molar-refractivity contribution in [2.45, 2.75) is 13.1 Å². The maximum absolute atomic E-state index is 12.0. The minimum atomic E-state index is 0.000119. The SMILES string of the molecule is O=C(CN1Cc2ccccc2C1)Nc1ccc(Cl)cc1. The number of carbonyl (C=O) groups excluding carboxylic acids is 1. The Morgan fingerprint density at radius 1 is 1.05 bits per heavy atom. The van der Waals surface area contributed by atoms with Crippen LogP contribution in [0.1, 0.15) is 11.1 Å². The fourth-order valence-electron chi connectivity index (χ4n) is 2.45. The highest BCUT2D eigenvalue weighted by Crippen LogP contribution is 2.21. The number of rotatable bonds is 3. The van der Waals surface area contributed by atoms with Crippen molar-refractivity contribution in [2.24, 2.45) is 0 Å². The molecule has 102 valence electrons. The summed E-state index contributed by atoms with van der Waals surface area (Å²) >= 11 is 5.82. The van der Waals surface area contributed by atoms with Gasteiger partial charge in [-0.2, -0.15) is 0 Å². The van der Waals surface area contributed by atoms with Crippen LogP contribution in [0.3, 0.4) is 0 Å². The molecule has 0 spiro atoms. The smallest absolute Gasteiger partial charge is 0.238 e. The lowest BCUT2D eigenvalue weighted by Crippen LogP contribution is -2.29. The number of benzene rings is 2. The quantitative estimate of drug-likeness (QED) is 0.939. The van der Waals surface area contributed by atoms with Crippen molar-refractivity contribution >= 4 is 23.2 Å². The van der Waals surface area contributed by atoms with Gasteiger partial charge in [0.05, 0.1) is 6.54 Å². The summed E-state index contributed by atoms with van der Waals surface area (Å²) in [6.07, 6.45) is 0. The van der Waals surface area contributed by atoms with E-state index in [4.69, 9.17) is 11.6 Å². The van der Waals surface area contributed by atoms with Gasteiger partial charge in [0, 0.05) is 23.8 Å². The summed E-state index contributed by atoms with van der Waals surface area (Å²) in [6.45, 7) is 2.08. The lowest BCUT2D eigenvalue weighted by Gasteiger charge is -2.14. The highest BCUT2D eigenvalue weighted by Gasteiger charge is 2.20. The number of hydrogen-bond donors (Lipinski definition) is 1. The molecule has 1 aliphatic heterocycles. The zero-order valence-corrected chi connectivity index (χ0v) is 11.7. The van der Waals surface area contributed by atoms with Gasteiger partial charge in [-0.05, 0) is 35.4 Å². The Morgan fingerprint density at radius 3 is 2.25 bits per heavy atom.